The van der Waals surface area contributed by atoms with E-state index in [-0.39, 0.29) is 0 Å². The number of piperidine rings is 1. The van der Waals surface area contributed by atoms with Crippen LogP contribution in [-0.2, 0) is 4.79 Å². The van der Waals surface area contributed by atoms with Crippen molar-refractivity contribution in [1.82, 2.24) is 15.1 Å². The summed E-state index contributed by atoms with van der Waals surface area (Å²) >= 11 is 0. The van der Waals surface area contributed by atoms with E-state index in [0.717, 1.165) is 32.7 Å². The number of amides is 1. The molecule has 0 spiro atoms. The number of hydrogen-bond donors (Lipinski definition) is 1. The molecule has 0 bridgehead atoms. The average molecular weight is 239 g/mol. The minimum absolute atomic E-state index is 0.337. The topological polar surface area (TPSA) is 35.6 Å². The van der Waals surface area contributed by atoms with Crippen LogP contribution in [0.15, 0.2) is 0 Å². The minimum Gasteiger partial charge on any atom is -0.342 e. The van der Waals surface area contributed by atoms with Gasteiger partial charge >= 0.3 is 0 Å². The van der Waals surface area contributed by atoms with Crippen molar-refractivity contribution in [3.05, 3.63) is 0 Å². The first-order valence-electron chi connectivity index (χ1n) is 7.03. The van der Waals surface area contributed by atoms with Crippen LogP contribution in [0.4, 0.5) is 0 Å². The van der Waals surface area contributed by atoms with Gasteiger partial charge in [0.15, 0.2) is 0 Å². The van der Waals surface area contributed by atoms with Crippen molar-refractivity contribution >= 4 is 5.91 Å². The first-order chi connectivity index (χ1) is 8.29. The molecule has 2 rings (SSSR count). The molecule has 0 saturated carbocycles. The maximum absolute atomic E-state index is 12.0. The monoisotopic (exact) mass is 239 g/mol. The molecule has 0 atom stereocenters. The van der Waals surface area contributed by atoms with Crippen LogP contribution < -0.4 is 5.32 Å². The number of rotatable bonds is 4. The van der Waals surface area contributed by atoms with Gasteiger partial charge in [0.05, 0.1) is 6.54 Å². The zero-order valence-corrected chi connectivity index (χ0v) is 11.0. The van der Waals surface area contributed by atoms with Gasteiger partial charge < -0.3 is 10.2 Å². The molecular formula is C13H25N3O. The minimum atomic E-state index is 0.337. The Bertz CT molecular complexity index is 243. The second-order valence-electron chi connectivity index (χ2n) is 5.20. The highest BCUT2D eigenvalue weighted by atomic mass is 16.2. The van der Waals surface area contributed by atoms with Crippen molar-refractivity contribution in [2.24, 2.45) is 0 Å². The Hall–Kier alpha value is -0.610. The standard InChI is InChI=1S/C13H25N3O/c1-2-14-12-5-9-15(10-6-12)11-13(17)16-7-3-4-8-16/h12,14H,2-11H2,1H3. The lowest BCUT2D eigenvalue weighted by Crippen LogP contribution is -2.46. The predicted molar refractivity (Wildman–Crippen MR) is 69.0 cm³/mol. The first kappa shape index (κ1) is 12.8. The second kappa shape index (κ2) is 6.36. The summed E-state index contributed by atoms with van der Waals surface area (Å²) in [5, 5.41) is 3.49. The fourth-order valence-corrected chi connectivity index (χ4v) is 2.84. The van der Waals surface area contributed by atoms with Crippen LogP contribution in [0, 0.1) is 0 Å². The third-order valence-electron chi connectivity index (χ3n) is 3.90. The smallest absolute Gasteiger partial charge is 0.236 e. The van der Waals surface area contributed by atoms with Gasteiger partial charge in [0, 0.05) is 32.2 Å². The van der Waals surface area contributed by atoms with E-state index < -0.39 is 0 Å². The number of carbonyl (C=O) groups excluding carboxylic acids is 1. The molecule has 2 heterocycles. The number of nitrogens with zero attached hydrogens (tertiary/aromatic N) is 2. The van der Waals surface area contributed by atoms with Crippen molar-refractivity contribution in [1.29, 1.82) is 0 Å². The molecule has 17 heavy (non-hydrogen) atoms. The Morgan fingerprint density at radius 2 is 1.82 bits per heavy atom. The molecule has 0 aromatic heterocycles. The molecule has 1 amide bonds. The Labute approximate surface area is 104 Å². The van der Waals surface area contributed by atoms with Gasteiger partial charge in [-0.2, -0.15) is 0 Å². The predicted octanol–water partition coefficient (Wildman–Crippen LogP) is 0.683. The van der Waals surface area contributed by atoms with Crippen molar-refractivity contribution < 1.29 is 4.79 Å². The summed E-state index contributed by atoms with van der Waals surface area (Å²) in [7, 11) is 0. The van der Waals surface area contributed by atoms with E-state index in [0.29, 0.717) is 18.5 Å². The molecule has 0 unspecified atom stereocenters. The molecule has 1 N–H and O–H groups in total. The summed E-state index contributed by atoms with van der Waals surface area (Å²) in [4.78, 5) is 16.3. The SMILES string of the molecule is CCNC1CCN(CC(=O)N2CCCC2)CC1. The van der Waals surface area contributed by atoms with E-state index >= 15 is 0 Å². The van der Waals surface area contributed by atoms with Crippen LogP contribution in [0.25, 0.3) is 0 Å². The molecule has 0 aliphatic carbocycles. The lowest BCUT2D eigenvalue weighted by molar-refractivity contribution is -0.131. The normalized spacial score (nSPS) is 23.2. The zero-order valence-electron chi connectivity index (χ0n) is 11.0. The van der Waals surface area contributed by atoms with Gasteiger partial charge in [-0.25, -0.2) is 0 Å². The van der Waals surface area contributed by atoms with E-state index in [9.17, 15) is 4.79 Å². The van der Waals surface area contributed by atoms with Gasteiger partial charge in [-0.05, 0) is 32.2 Å². The van der Waals surface area contributed by atoms with Crippen LogP contribution in [0.5, 0.6) is 0 Å². The number of nitrogens with one attached hydrogen (secondary N) is 1. The molecular weight excluding hydrogens is 214 g/mol. The van der Waals surface area contributed by atoms with E-state index in [4.69, 9.17) is 0 Å². The van der Waals surface area contributed by atoms with Crippen molar-refractivity contribution in [3.8, 4) is 0 Å². The van der Waals surface area contributed by atoms with Crippen LogP contribution in [0.3, 0.4) is 0 Å². The average Bonchev–Trinajstić information content (AvgIpc) is 2.86. The van der Waals surface area contributed by atoms with Crippen molar-refractivity contribution in [3.63, 3.8) is 0 Å². The maximum atomic E-state index is 12.0. The number of carbonyl (C=O) groups is 1. The Morgan fingerprint density at radius 1 is 1.18 bits per heavy atom. The molecule has 2 saturated heterocycles. The summed E-state index contributed by atoms with van der Waals surface area (Å²) in [5.74, 6) is 0.337. The lowest BCUT2D eigenvalue weighted by atomic mass is 10.1. The summed E-state index contributed by atoms with van der Waals surface area (Å²) in [6.45, 7) is 7.94. The Kier molecular flexibility index (Phi) is 4.80. The molecule has 2 aliphatic heterocycles. The Balaban J connectivity index is 1.68. The molecule has 0 aromatic rings. The van der Waals surface area contributed by atoms with Gasteiger partial charge in [0.1, 0.15) is 0 Å². The van der Waals surface area contributed by atoms with Gasteiger partial charge in [-0.3, -0.25) is 9.69 Å². The number of likely N-dealkylation sites (tertiary alicyclic amines) is 2. The number of hydrogen-bond acceptors (Lipinski definition) is 3. The Morgan fingerprint density at radius 3 is 2.41 bits per heavy atom. The molecule has 2 fully saturated rings. The van der Waals surface area contributed by atoms with Crippen LogP contribution >= 0.6 is 0 Å². The second-order valence-corrected chi connectivity index (χ2v) is 5.20. The summed E-state index contributed by atoms with van der Waals surface area (Å²) in [6, 6.07) is 0.665. The zero-order chi connectivity index (χ0) is 12.1. The third-order valence-corrected chi connectivity index (χ3v) is 3.90. The largest absolute Gasteiger partial charge is 0.342 e. The highest BCUT2D eigenvalue weighted by Crippen LogP contribution is 2.12. The molecule has 4 nitrogen and oxygen atoms in total. The molecule has 0 radical (unpaired) electrons. The van der Waals surface area contributed by atoms with Crippen molar-refractivity contribution in [2.45, 2.75) is 38.6 Å². The molecule has 2 aliphatic rings. The van der Waals surface area contributed by atoms with Gasteiger partial charge in [0.2, 0.25) is 5.91 Å². The van der Waals surface area contributed by atoms with E-state index in [2.05, 4.69) is 17.1 Å². The van der Waals surface area contributed by atoms with Crippen LogP contribution in [0.1, 0.15) is 32.6 Å². The summed E-state index contributed by atoms with van der Waals surface area (Å²) in [6.07, 6.45) is 4.74. The van der Waals surface area contributed by atoms with Crippen LogP contribution in [-0.4, -0.2) is 61.0 Å². The van der Waals surface area contributed by atoms with Crippen LogP contribution in [0.2, 0.25) is 0 Å². The van der Waals surface area contributed by atoms with Gasteiger partial charge in [-0.15, -0.1) is 0 Å². The molecule has 0 aromatic carbocycles. The lowest BCUT2D eigenvalue weighted by Gasteiger charge is -2.32. The van der Waals surface area contributed by atoms with Gasteiger partial charge in [-0.1, -0.05) is 6.92 Å². The molecule has 4 heteroatoms. The van der Waals surface area contributed by atoms with Crippen molar-refractivity contribution in [2.75, 3.05) is 39.3 Å². The van der Waals surface area contributed by atoms with E-state index in [1.807, 2.05) is 4.90 Å². The highest BCUT2D eigenvalue weighted by Gasteiger charge is 2.23. The first-order valence-corrected chi connectivity index (χ1v) is 7.03. The third kappa shape index (κ3) is 3.68. The maximum Gasteiger partial charge on any atom is 0.236 e. The van der Waals surface area contributed by atoms with E-state index in [1.165, 1.54) is 25.7 Å². The van der Waals surface area contributed by atoms with E-state index in [1.54, 1.807) is 0 Å². The molecule has 98 valence electrons. The highest BCUT2D eigenvalue weighted by molar-refractivity contribution is 5.78. The summed E-state index contributed by atoms with van der Waals surface area (Å²) in [5.41, 5.74) is 0. The quantitative estimate of drug-likeness (QED) is 0.784. The van der Waals surface area contributed by atoms with Gasteiger partial charge in [0.25, 0.3) is 0 Å². The fraction of sp³-hybridized carbons (Fsp3) is 0.923. The summed E-state index contributed by atoms with van der Waals surface area (Å²) < 4.78 is 0. The fourth-order valence-electron chi connectivity index (χ4n) is 2.84.